The van der Waals surface area contributed by atoms with Crippen molar-refractivity contribution in [3.05, 3.63) is 41.1 Å². The molecule has 0 saturated carbocycles. The second kappa shape index (κ2) is 5.40. The van der Waals surface area contributed by atoms with Crippen molar-refractivity contribution < 1.29 is 4.42 Å². The minimum atomic E-state index is 0.164. The molecule has 0 fully saturated rings. The van der Waals surface area contributed by atoms with Crippen LogP contribution in [0, 0.1) is 13.8 Å². The Hall–Kier alpha value is -1.55. The zero-order chi connectivity index (χ0) is 13.1. The van der Waals surface area contributed by atoms with Gasteiger partial charge in [0.2, 0.25) is 0 Å². The van der Waals surface area contributed by atoms with Gasteiger partial charge in [-0.2, -0.15) is 5.10 Å². The quantitative estimate of drug-likeness (QED) is 0.883. The number of nitrogens with one attached hydrogen (secondary N) is 1. The van der Waals surface area contributed by atoms with Gasteiger partial charge in [0, 0.05) is 23.9 Å². The average molecular weight is 247 g/mol. The molecule has 0 aromatic carbocycles. The van der Waals surface area contributed by atoms with Crippen molar-refractivity contribution in [2.45, 2.75) is 33.2 Å². The van der Waals surface area contributed by atoms with Gasteiger partial charge in [-0.05, 0) is 32.9 Å². The third kappa shape index (κ3) is 2.34. The van der Waals surface area contributed by atoms with Gasteiger partial charge >= 0.3 is 0 Å². The molecule has 2 aromatic rings. The number of hydrogen-bond donors (Lipinski definition) is 1. The second-order valence-electron chi connectivity index (χ2n) is 4.65. The molecule has 1 N–H and O–H groups in total. The highest BCUT2D eigenvalue weighted by atomic mass is 16.3. The van der Waals surface area contributed by atoms with E-state index in [4.69, 9.17) is 4.42 Å². The summed E-state index contributed by atoms with van der Waals surface area (Å²) in [7, 11) is 1.98. The fourth-order valence-corrected chi connectivity index (χ4v) is 2.32. The Morgan fingerprint density at radius 3 is 2.72 bits per heavy atom. The van der Waals surface area contributed by atoms with Gasteiger partial charge in [-0.25, -0.2) is 0 Å². The second-order valence-corrected chi connectivity index (χ2v) is 4.65. The average Bonchev–Trinajstić information content (AvgIpc) is 2.93. The van der Waals surface area contributed by atoms with Crippen LogP contribution in [0.4, 0.5) is 0 Å². The van der Waals surface area contributed by atoms with Crippen LogP contribution in [-0.2, 0) is 7.05 Å². The zero-order valence-corrected chi connectivity index (χ0v) is 11.5. The minimum absolute atomic E-state index is 0.164. The van der Waals surface area contributed by atoms with Gasteiger partial charge in [-0.3, -0.25) is 4.68 Å². The van der Waals surface area contributed by atoms with Crippen LogP contribution in [-0.4, -0.2) is 16.3 Å². The first-order chi connectivity index (χ1) is 8.65. The van der Waals surface area contributed by atoms with E-state index in [-0.39, 0.29) is 6.04 Å². The largest absolute Gasteiger partial charge is 0.472 e. The third-order valence-electron chi connectivity index (χ3n) is 3.33. The van der Waals surface area contributed by atoms with E-state index < -0.39 is 0 Å². The molecule has 0 aliphatic carbocycles. The van der Waals surface area contributed by atoms with Gasteiger partial charge in [0.1, 0.15) is 0 Å². The summed E-state index contributed by atoms with van der Waals surface area (Å²) in [4.78, 5) is 0. The maximum atomic E-state index is 5.22. The molecule has 2 rings (SSSR count). The molecule has 4 nitrogen and oxygen atoms in total. The minimum Gasteiger partial charge on any atom is -0.472 e. The van der Waals surface area contributed by atoms with Crippen LogP contribution < -0.4 is 5.32 Å². The molecule has 0 aliphatic heterocycles. The first-order valence-electron chi connectivity index (χ1n) is 6.40. The summed E-state index contributed by atoms with van der Waals surface area (Å²) >= 11 is 0. The van der Waals surface area contributed by atoms with Crippen LogP contribution in [0.1, 0.15) is 41.9 Å². The lowest BCUT2D eigenvalue weighted by Crippen LogP contribution is -2.23. The van der Waals surface area contributed by atoms with E-state index in [2.05, 4.69) is 31.2 Å². The van der Waals surface area contributed by atoms with Crippen LogP contribution in [0.25, 0.3) is 0 Å². The molecule has 0 amide bonds. The van der Waals surface area contributed by atoms with Crippen LogP contribution >= 0.6 is 0 Å². The molecule has 0 saturated heterocycles. The van der Waals surface area contributed by atoms with E-state index in [0.29, 0.717) is 0 Å². The molecule has 0 aliphatic rings. The topological polar surface area (TPSA) is 43.0 Å². The van der Waals surface area contributed by atoms with Crippen molar-refractivity contribution in [2.75, 3.05) is 6.54 Å². The van der Waals surface area contributed by atoms with E-state index in [1.165, 1.54) is 11.3 Å². The molecule has 2 heterocycles. The lowest BCUT2D eigenvalue weighted by Gasteiger charge is -2.18. The maximum Gasteiger partial charge on any atom is 0.0953 e. The third-order valence-corrected chi connectivity index (χ3v) is 3.33. The number of nitrogens with zero attached hydrogens (tertiary/aromatic N) is 2. The Kier molecular flexibility index (Phi) is 3.87. The number of rotatable bonds is 5. The van der Waals surface area contributed by atoms with Gasteiger partial charge in [0.25, 0.3) is 0 Å². The van der Waals surface area contributed by atoms with Crippen LogP contribution in [0.5, 0.6) is 0 Å². The number of hydrogen-bond acceptors (Lipinski definition) is 3. The van der Waals surface area contributed by atoms with Crippen LogP contribution in [0.15, 0.2) is 23.0 Å². The summed E-state index contributed by atoms with van der Waals surface area (Å²) < 4.78 is 7.15. The standard InChI is InChI=1S/C14H21N3O/c1-5-7-15-14(12-6-8-18-9-12)13-10(2)16-17(4)11(13)3/h6,8-9,14-15H,5,7H2,1-4H3. The highest BCUT2D eigenvalue weighted by molar-refractivity contribution is 5.35. The smallest absolute Gasteiger partial charge is 0.0953 e. The lowest BCUT2D eigenvalue weighted by molar-refractivity contribution is 0.547. The first kappa shape index (κ1) is 12.9. The summed E-state index contributed by atoms with van der Waals surface area (Å²) in [5, 5.41) is 8.07. The molecule has 2 aromatic heterocycles. The predicted octanol–water partition coefficient (Wildman–Crippen LogP) is 2.72. The Bertz CT molecular complexity index is 499. The highest BCUT2D eigenvalue weighted by Crippen LogP contribution is 2.27. The van der Waals surface area contributed by atoms with Gasteiger partial charge < -0.3 is 9.73 Å². The van der Waals surface area contributed by atoms with Crippen LogP contribution in [0.3, 0.4) is 0 Å². The molecule has 1 unspecified atom stereocenters. The predicted molar refractivity (Wildman–Crippen MR) is 71.5 cm³/mol. The van der Waals surface area contributed by atoms with E-state index in [9.17, 15) is 0 Å². The normalized spacial score (nSPS) is 12.9. The van der Waals surface area contributed by atoms with E-state index in [1.54, 1.807) is 12.5 Å². The molecule has 0 bridgehead atoms. The lowest BCUT2D eigenvalue weighted by atomic mass is 9.99. The monoisotopic (exact) mass is 247 g/mol. The summed E-state index contributed by atoms with van der Waals surface area (Å²) in [6, 6.07) is 2.18. The van der Waals surface area contributed by atoms with E-state index in [0.717, 1.165) is 24.2 Å². The molecule has 18 heavy (non-hydrogen) atoms. The highest BCUT2D eigenvalue weighted by Gasteiger charge is 2.21. The van der Waals surface area contributed by atoms with E-state index >= 15 is 0 Å². The summed E-state index contributed by atoms with van der Waals surface area (Å²) in [6.45, 7) is 7.31. The molecular formula is C14H21N3O. The van der Waals surface area contributed by atoms with Crippen molar-refractivity contribution in [3.8, 4) is 0 Å². The molecule has 98 valence electrons. The Morgan fingerprint density at radius 1 is 1.44 bits per heavy atom. The maximum absolute atomic E-state index is 5.22. The van der Waals surface area contributed by atoms with Crippen LogP contribution in [0.2, 0.25) is 0 Å². The SMILES string of the molecule is CCCNC(c1ccoc1)c1c(C)nn(C)c1C. The fraction of sp³-hybridized carbons (Fsp3) is 0.500. The van der Waals surface area contributed by atoms with Gasteiger partial charge in [0.05, 0.1) is 24.3 Å². The summed E-state index contributed by atoms with van der Waals surface area (Å²) in [5.74, 6) is 0. The van der Waals surface area contributed by atoms with Gasteiger partial charge in [0.15, 0.2) is 0 Å². The zero-order valence-electron chi connectivity index (χ0n) is 11.5. The Morgan fingerprint density at radius 2 is 2.22 bits per heavy atom. The van der Waals surface area contributed by atoms with Crippen molar-refractivity contribution in [2.24, 2.45) is 7.05 Å². The molecule has 0 spiro atoms. The Balaban J connectivity index is 2.40. The van der Waals surface area contributed by atoms with E-state index in [1.807, 2.05) is 17.8 Å². The number of furan rings is 1. The first-order valence-corrected chi connectivity index (χ1v) is 6.40. The van der Waals surface area contributed by atoms with Crippen molar-refractivity contribution in [1.82, 2.24) is 15.1 Å². The number of aromatic nitrogens is 2. The number of aryl methyl sites for hydroxylation is 2. The van der Waals surface area contributed by atoms with Gasteiger partial charge in [-0.15, -0.1) is 0 Å². The Labute approximate surface area is 108 Å². The van der Waals surface area contributed by atoms with Crippen molar-refractivity contribution in [1.29, 1.82) is 0 Å². The fourth-order valence-electron chi connectivity index (χ4n) is 2.32. The molecule has 0 radical (unpaired) electrons. The molecular weight excluding hydrogens is 226 g/mol. The summed E-state index contributed by atoms with van der Waals surface area (Å²) in [5.41, 5.74) is 4.68. The molecule has 4 heteroatoms. The van der Waals surface area contributed by atoms with Gasteiger partial charge in [-0.1, -0.05) is 6.92 Å². The van der Waals surface area contributed by atoms with Crippen molar-refractivity contribution >= 4 is 0 Å². The summed E-state index contributed by atoms with van der Waals surface area (Å²) in [6.07, 6.45) is 4.63. The van der Waals surface area contributed by atoms with Crippen molar-refractivity contribution in [3.63, 3.8) is 0 Å². The molecule has 1 atom stereocenters.